The van der Waals surface area contributed by atoms with E-state index in [2.05, 4.69) is 31.6 Å². The van der Waals surface area contributed by atoms with Gasteiger partial charge in [0.25, 0.3) is 0 Å². The molecule has 9 heteroatoms. The van der Waals surface area contributed by atoms with Gasteiger partial charge in [-0.25, -0.2) is 22.5 Å². The zero-order valence-corrected chi connectivity index (χ0v) is 19.1. The molecule has 164 valence electrons. The number of pyridine rings is 1. The maximum Gasteiger partial charge on any atom is 0.421 e. The van der Waals surface area contributed by atoms with E-state index in [1.165, 1.54) is 38.1 Å². The van der Waals surface area contributed by atoms with E-state index >= 15 is 0 Å². The minimum atomic E-state index is -3.45. The molecule has 0 spiro atoms. The van der Waals surface area contributed by atoms with Crippen molar-refractivity contribution in [3.63, 3.8) is 0 Å². The Balaban J connectivity index is 1.81. The van der Waals surface area contributed by atoms with Crippen LogP contribution >= 0.6 is 0 Å². The van der Waals surface area contributed by atoms with E-state index in [1.54, 1.807) is 6.07 Å². The van der Waals surface area contributed by atoms with Crippen LogP contribution in [0, 0.1) is 0 Å². The quantitative estimate of drug-likeness (QED) is 0.321. The Kier molecular flexibility index (Phi) is 7.58. The van der Waals surface area contributed by atoms with Crippen molar-refractivity contribution in [1.82, 2.24) is 9.55 Å². The third-order valence-corrected chi connectivity index (χ3v) is 6.58. The first-order valence-corrected chi connectivity index (χ1v) is 12.7. The lowest BCUT2D eigenvalue weighted by atomic mass is 10.1. The van der Waals surface area contributed by atoms with Crippen LogP contribution in [0.1, 0.15) is 51.9 Å². The SMILES string of the molecule is CCCCCCCn1cc[n+](C)c1N=Nc1cnc(N2CCCC2)cc1S(C)(=O)=O. The van der Waals surface area contributed by atoms with Crippen molar-refractivity contribution < 1.29 is 13.0 Å². The summed E-state index contributed by atoms with van der Waals surface area (Å²) < 4.78 is 28.7. The van der Waals surface area contributed by atoms with Gasteiger partial charge in [0.2, 0.25) is 0 Å². The van der Waals surface area contributed by atoms with E-state index in [9.17, 15) is 8.42 Å². The summed E-state index contributed by atoms with van der Waals surface area (Å²) in [5.41, 5.74) is 0.274. The average molecular weight is 434 g/mol. The molecule has 1 aliphatic heterocycles. The highest BCUT2D eigenvalue weighted by molar-refractivity contribution is 7.90. The zero-order chi connectivity index (χ0) is 21.6. The molecule has 0 unspecified atom stereocenters. The summed E-state index contributed by atoms with van der Waals surface area (Å²) in [4.78, 5) is 6.73. The first kappa shape index (κ1) is 22.4. The van der Waals surface area contributed by atoms with Gasteiger partial charge in [-0.3, -0.25) is 0 Å². The van der Waals surface area contributed by atoms with E-state index in [0.717, 1.165) is 38.9 Å². The number of unbranched alkanes of at least 4 members (excludes halogenated alkanes) is 4. The van der Waals surface area contributed by atoms with Crippen molar-refractivity contribution in [1.29, 1.82) is 0 Å². The summed E-state index contributed by atoms with van der Waals surface area (Å²) >= 11 is 0. The Morgan fingerprint density at radius 1 is 1.13 bits per heavy atom. The summed E-state index contributed by atoms with van der Waals surface area (Å²) in [5, 5.41) is 8.67. The number of rotatable bonds is 10. The van der Waals surface area contributed by atoms with Crippen molar-refractivity contribution in [3.8, 4) is 0 Å². The molecule has 30 heavy (non-hydrogen) atoms. The molecular formula is C21H33N6O2S+. The predicted molar refractivity (Wildman–Crippen MR) is 117 cm³/mol. The van der Waals surface area contributed by atoms with E-state index in [-0.39, 0.29) is 10.6 Å². The molecule has 1 saturated heterocycles. The van der Waals surface area contributed by atoms with Gasteiger partial charge < -0.3 is 4.90 Å². The fourth-order valence-electron chi connectivity index (χ4n) is 3.71. The largest absolute Gasteiger partial charge is 0.421 e. The van der Waals surface area contributed by atoms with Crippen molar-refractivity contribution in [2.45, 2.75) is 63.3 Å². The van der Waals surface area contributed by atoms with Crippen LogP contribution in [0.5, 0.6) is 0 Å². The lowest BCUT2D eigenvalue weighted by molar-refractivity contribution is -0.657. The second-order valence-corrected chi connectivity index (χ2v) is 9.98. The standard InChI is InChI=1S/C21H33N6O2S/c1-4-5-6-7-8-13-27-15-14-25(2)21(27)24-23-18-17-22-20(26-11-9-10-12-26)16-19(18)30(3,28)29/h14-17H,4-13H2,1-3H3/q+1. The molecule has 0 aromatic carbocycles. The maximum atomic E-state index is 12.4. The monoisotopic (exact) mass is 433 g/mol. The molecule has 0 radical (unpaired) electrons. The molecule has 0 saturated carbocycles. The summed E-state index contributed by atoms with van der Waals surface area (Å²) in [7, 11) is -1.54. The zero-order valence-electron chi connectivity index (χ0n) is 18.3. The molecule has 3 rings (SSSR count). The lowest BCUT2D eigenvalue weighted by Crippen LogP contribution is -2.25. The molecule has 0 aliphatic carbocycles. The second kappa shape index (κ2) is 10.1. The molecule has 2 aromatic heterocycles. The predicted octanol–water partition coefficient (Wildman–Crippen LogP) is 4.10. The third-order valence-electron chi connectivity index (χ3n) is 5.45. The van der Waals surface area contributed by atoms with Crippen molar-refractivity contribution in [3.05, 3.63) is 24.7 Å². The second-order valence-electron chi connectivity index (χ2n) is 7.99. The van der Waals surface area contributed by atoms with Gasteiger partial charge in [-0.05, 0) is 19.3 Å². The number of sulfone groups is 1. The highest BCUT2D eigenvalue weighted by Crippen LogP contribution is 2.29. The molecule has 1 fully saturated rings. The van der Waals surface area contributed by atoms with E-state index in [1.807, 2.05) is 24.0 Å². The smallest absolute Gasteiger partial charge is 0.357 e. The Morgan fingerprint density at radius 3 is 2.57 bits per heavy atom. The Hall–Kier alpha value is -2.29. The summed E-state index contributed by atoms with van der Waals surface area (Å²) in [5.74, 6) is 1.38. The van der Waals surface area contributed by atoms with Gasteiger partial charge in [-0.2, -0.15) is 0 Å². The number of aromatic nitrogens is 3. The fraction of sp³-hybridized carbons (Fsp3) is 0.619. The minimum Gasteiger partial charge on any atom is -0.357 e. The van der Waals surface area contributed by atoms with Gasteiger partial charge >= 0.3 is 5.95 Å². The average Bonchev–Trinajstić information content (AvgIpc) is 3.36. The van der Waals surface area contributed by atoms with Gasteiger partial charge in [0.05, 0.1) is 32.2 Å². The Labute approximate surface area is 179 Å². The van der Waals surface area contributed by atoms with Crippen LogP contribution < -0.4 is 9.47 Å². The highest BCUT2D eigenvalue weighted by Gasteiger charge is 2.21. The number of azo groups is 1. The molecular weight excluding hydrogens is 400 g/mol. The molecule has 1 aliphatic rings. The first-order valence-electron chi connectivity index (χ1n) is 10.8. The van der Waals surface area contributed by atoms with Gasteiger partial charge in [0, 0.05) is 30.5 Å². The molecule has 0 atom stereocenters. The van der Waals surface area contributed by atoms with Crippen LogP contribution in [0.2, 0.25) is 0 Å². The summed E-state index contributed by atoms with van der Waals surface area (Å²) in [6.07, 6.45) is 14.9. The molecule has 0 N–H and O–H groups in total. The molecule has 8 nitrogen and oxygen atoms in total. The fourth-order valence-corrected chi connectivity index (χ4v) is 4.51. The van der Waals surface area contributed by atoms with Gasteiger partial charge in [0.15, 0.2) is 9.84 Å². The normalized spacial score (nSPS) is 14.8. The third kappa shape index (κ3) is 5.65. The van der Waals surface area contributed by atoms with E-state index in [4.69, 9.17) is 0 Å². The van der Waals surface area contributed by atoms with Crippen LogP contribution in [0.4, 0.5) is 17.5 Å². The number of anilines is 1. The van der Waals surface area contributed by atoms with Crippen molar-refractivity contribution in [2.24, 2.45) is 17.3 Å². The molecule has 2 aromatic rings. The number of hydrogen-bond acceptors (Lipinski definition) is 6. The molecule has 0 bridgehead atoms. The number of imidazole rings is 1. The lowest BCUT2D eigenvalue weighted by Gasteiger charge is -2.17. The van der Waals surface area contributed by atoms with Crippen LogP contribution in [0.15, 0.2) is 39.8 Å². The summed E-state index contributed by atoms with van der Waals surface area (Å²) in [6, 6.07) is 1.63. The molecule has 0 amide bonds. The highest BCUT2D eigenvalue weighted by atomic mass is 32.2. The topological polar surface area (TPSA) is 83.8 Å². The van der Waals surface area contributed by atoms with Gasteiger partial charge in [0.1, 0.15) is 16.4 Å². The van der Waals surface area contributed by atoms with Crippen LogP contribution in [-0.2, 0) is 23.4 Å². The number of nitrogens with zero attached hydrogens (tertiary/aromatic N) is 6. The van der Waals surface area contributed by atoms with Crippen molar-refractivity contribution in [2.75, 3.05) is 24.2 Å². The van der Waals surface area contributed by atoms with Crippen LogP contribution in [0.25, 0.3) is 0 Å². The Morgan fingerprint density at radius 2 is 1.87 bits per heavy atom. The minimum absolute atomic E-state index is 0.170. The van der Waals surface area contributed by atoms with Crippen molar-refractivity contribution >= 4 is 27.3 Å². The first-order chi connectivity index (χ1) is 14.4. The van der Waals surface area contributed by atoms with Gasteiger partial charge in [-0.1, -0.05) is 37.7 Å². The van der Waals surface area contributed by atoms with E-state index in [0.29, 0.717) is 11.8 Å². The number of hydrogen-bond donors (Lipinski definition) is 0. The number of aryl methyl sites for hydroxylation is 2. The van der Waals surface area contributed by atoms with E-state index < -0.39 is 9.84 Å². The van der Waals surface area contributed by atoms with Crippen LogP contribution in [-0.4, -0.2) is 37.3 Å². The summed E-state index contributed by atoms with van der Waals surface area (Å²) in [6.45, 7) is 4.88. The van der Waals surface area contributed by atoms with Gasteiger partial charge in [-0.15, -0.1) is 0 Å². The maximum absolute atomic E-state index is 12.4. The Bertz CT molecular complexity index is 977. The van der Waals surface area contributed by atoms with Crippen LogP contribution in [0.3, 0.4) is 0 Å². The molecule has 3 heterocycles.